The topological polar surface area (TPSA) is 46.3 Å². The Bertz CT molecular complexity index is 736. The van der Waals surface area contributed by atoms with Crippen LogP contribution in [0.3, 0.4) is 0 Å². The Balaban J connectivity index is 2.10. The number of rotatable bonds is 2. The summed E-state index contributed by atoms with van der Waals surface area (Å²) in [6.45, 7) is 1.86. The summed E-state index contributed by atoms with van der Waals surface area (Å²) in [5.74, 6) is -0.100. The van der Waals surface area contributed by atoms with Gasteiger partial charge in [0.2, 0.25) is 0 Å². The van der Waals surface area contributed by atoms with Gasteiger partial charge in [-0.25, -0.2) is 4.39 Å². The number of furan rings is 1. The Morgan fingerprint density at radius 2 is 2.16 bits per heavy atom. The number of aliphatic hydroxyl groups excluding tert-OH is 1. The fourth-order valence-corrected chi connectivity index (χ4v) is 2.13. The van der Waals surface area contributed by atoms with E-state index in [1.54, 1.807) is 36.7 Å². The monoisotopic (exact) mass is 257 g/mol. The van der Waals surface area contributed by atoms with Crippen molar-refractivity contribution in [3.05, 3.63) is 65.4 Å². The van der Waals surface area contributed by atoms with Crippen LogP contribution in [0.1, 0.15) is 23.0 Å². The van der Waals surface area contributed by atoms with E-state index in [-0.39, 0.29) is 5.58 Å². The van der Waals surface area contributed by atoms with E-state index >= 15 is 0 Å². The zero-order chi connectivity index (χ0) is 13.4. The second-order valence-corrected chi connectivity index (χ2v) is 4.44. The molecule has 1 aromatic carbocycles. The van der Waals surface area contributed by atoms with Crippen LogP contribution in [-0.2, 0) is 0 Å². The van der Waals surface area contributed by atoms with Crippen molar-refractivity contribution in [3.63, 3.8) is 0 Å². The number of aryl methyl sites for hydroxylation is 1. The van der Waals surface area contributed by atoms with E-state index in [0.717, 1.165) is 5.56 Å². The number of para-hydroxylation sites is 1. The summed E-state index contributed by atoms with van der Waals surface area (Å²) in [5.41, 5.74) is 1.73. The lowest BCUT2D eigenvalue weighted by Crippen LogP contribution is -2.00. The van der Waals surface area contributed by atoms with E-state index in [0.29, 0.717) is 16.7 Å². The van der Waals surface area contributed by atoms with Crippen molar-refractivity contribution >= 4 is 11.0 Å². The van der Waals surface area contributed by atoms with Crippen LogP contribution >= 0.6 is 0 Å². The zero-order valence-corrected chi connectivity index (χ0v) is 10.3. The number of aromatic nitrogens is 1. The maximum Gasteiger partial charge on any atom is 0.170 e. The van der Waals surface area contributed by atoms with Gasteiger partial charge in [0.05, 0.1) is 0 Å². The van der Waals surface area contributed by atoms with Crippen molar-refractivity contribution < 1.29 is 13.9 Å². The number of benzene rings is 1. The molecule has 0 spiro atoms. The Labute approximate surface area is 109 Å². The Morgan fingerprint density at radius 3 is 2.89 bits per heavy atom. The second-order valence-electron chi connectivity index (χ2n) is 4.44. The first-order valence-corrected chi connectivity index (χ1v) is 5.93. The molecule has 19 heavy (non-hydrogen) atoms. The molecule has 0 saturated heterocycles. The van der Waals surface area contributed by atoms with Gasteiger partial charge in [-0.15, -0.1) is 0 Å². The quantitative estimate of drug-likeness (QED) is 0.765. The number of hydrogen-bond donors (Lipinski definition) is 1. The van der Waals surface area contributed by atoms with Gasteiger partial charge in [0, 0.05) is 17.8 Å². The molecule has 3 aromatic rings. The van der Waals surface area contributed by atoms with Gasteiger partial charge in [0.1, 0.15) is 11.9 Å². The molecule has 3 rings (SSSR count). The highest BCUT2D eigenvalue weighted by atomic mass is 19.1. The van der Waals surface area contributed by atoms with Crippen LogP contribution in [0.15, 0.2) is 47.1 Å². The lowest BCUT2D eigenvalue weighted by atomic mass is 10.0. The van der Waals surface area contributed by atoms with E-state index < -0.39 is 11.9 Å². The molecular weight excluding hydrogens is 245 g/mol. The molecule has 0 amide bonds. The van der Waals surface area contributed by atoms with Crippen LogP contribution in [0.25, 0.3) is 11.0 Å². The number of pyridine rings is 1. The highest BCUT2D eigenvalue weighted by Crippen LogP contribution is 2.30. The number of fused-ring (bicyclic) bond motifs is 1. The SMILES string of the molecule is Cc1cnccc1C(O)c1cc2cccc(F)c2o1. The molecule has 0 aliphatic carbocycles. The second kappa shape index (κ2) is 4.48. The molecule has 0 fully saturated rings. The first kappa shape index (κ1) is 11.9. The third-order valence-corrected chi connectivity index (χ3v) is 3.14. The normalized spacial score (nSPS) is 12.8. The number of nitrogens with zero attached hydrogens (tertiary/aromatic N) is 1. The largest absolute Gasteiger partial charge is 0.455 e. The standard InChI is InChI=1S/C15H12FNO2/c1-9-8-17-6-5-11(9)14(18)13-7-10-3-2-4-12(16)15(10)19-13/h2-8,14,18H,1H3. The molecule has 1 unspecified atom stereocenters. The average molecular weight is 257 g/mol. The summed E-state index contributed by atoms with van der Waals surface area (Å²) in [4.78, 5) is 3.98. The minimum Gasteiger partial charge on any atom is -0.455 e. The van der Waals surface area contributed by atoms with Crippen molar-refractivity contribution in [3.8, 4) is 0 Å². The summed E-state index contributed by atoms with van der Waals surface area (Å²) < 4.78 is 19.0. The molecule has 1 N–H and O–H groups in total. The van der Waals surface area contributed by atoms with Gasteiger partial charge in [-0.05, 0) is 36.2 Å². The number of aliphatic hydroxyl groups is 1. The average Bonchev–Trinajstić information content (AvgIpc) is 2.84. The molecule has 96 valence electrons. The molecule has 0 saturated carbocycles. The van der Waals surface area contributed by atoms with Gasteiger partial charge >= 0.3 is 0 Å². The lowest BCUT2D eigenvalue weighted by molar-refractivity contribution is 0.191. The van der Waals surface area contributed by atoms with E-state index in [4.69, 9.17) is 4.42 Å². The van der Waals surface area contributed by atoms with E-state index in [9.17, 15) is 9.50 Å². The molecular formula is C15H12FNO2. The highest BCUT2D eigenvalue weighted by Gasteiger charge is 2.18. The fraction of sp³-hybridized carbons (Fsp3) is 0.133. The van der Waals surface area contributed by atoms with E-state index in [2.05, 4.69) is 4.98 Å². The van der Waals surface area contributed by atoms with Gasteiger partial charge in [-0.1, -0.05) is 12.1 Å². The number of hydrogen-bond acceptors (Lipinski definition) is 3. The van der Waals surface area contributed by atoms with Gasteiger partial charge in [-0.2, -0.15) is 0 Å². The van der Waals surface area contributed by atoms with Gasteiger partial charge < -0.3 is 9.52 Å². The number of halogens is 1. The summed E-state index contributed by atoms with van der Waals surface area (Å²) in [6, 6.07) is 8.07. The highest BCUT2D eigenvalue weighted by molar-refractivity contribution is 5.78. The zero-order valence-electron chi connectivity index (χ0n) is 10.3. The predicted molar refractivity (Wildman–Crippen MR) is 69.2 cm³/mol. The summed E-state index contributed by atoms with van der Waals surface area (Å²) in [7, 11) is 0. The molecule has 3 nitrogen and oxygen atoms in total. The molecule has 4 heteroatoms. The van der Waals surface area contributed by atoms with E-state index in [1.807, 2.05) is 6.92 Å². The Kier molecular flexibility index (Phi) is 2.80. The van der Waals surface area contributed by atoms with Crippen LogP contribution in [0.4, 0.5) is 4.39 Å². The van der Waals surface area contributed by atoms with Crippen LogP contribution in [0.2, 0.25) is 0 Å². The minimum absolute atomic E-state index is 0.170. The maximum atomic E-state index is 13.6. The van der Waals surface area contributed by atoms with Gasteiger partial charge in [0.15, 0.2) is 11.4 Å². The molecule has 2 aromatic heterocycles. The van der Waals surface area contributed by atoms with Crippen LogP contribution in [-0.4, -0.2) is 10.1 Å². The van der Waals surface area contributed by atoms with Gasteiger partial charge in [-0.3, -0.25) is 4.98 Å². The molecule has 2 heterocycles. The smallest absolute Gasteiger partial charge is 0.170 e. The van der Waals surface area contributed by atoms with Crippen molar-refractivity contribution in [1.82, 2.24) is 4.98 Å². The minimum atomic E-state index is -0.921. The summed E-state index contributed by atoms with van der Waals surface area (Å²) in [5, 5.41) is 11.0. The first-order valence-electron chi connectivity index (χ1n) is 5.93. The third-order valence-electron chi connectivity index (χ3n) is 3.14. The summed E-state index contributed by atoms with van der Waals surface area (Å²) in [6.07, 6.45) is 2.35. The third kappa shape index (κ3) is 2.00. The van der Waals surface area contributed by atoms with Crippen molar-refractivity contribution in [2.24, 2.45) is 0 Å². The molecule has 0 radical (unpaired) electrons. The van der Waals surface area contributed by atoms with Crippen LogP contribution in [0.5, 0.6) is 0 Å². The summed E-state index contributed by atoms with van der Waals surface area (Å²) >= 11 is 0. The Hall–Kier alpha value is -2.20. The van der Waals surface area contributed by atoms with Crippen molar-refractivity contribution in [1.29, 1.82) is 0 Å². The molecule has 0 aliphatic rings. The first-order chi connectivity index (χ1) is 9.16. The van der Waals surface area contributed by atoms with E-state index in [1.165, 1.54) is 6.07 Å². The fourth-order valence-electron chi connectivity index (χ4n) is 2.13. The van der Waals surface area contributed by atoms with Crippen LogP contribution in [0, 0.1) is 12.7 Å². The van der Waals surface area contributed by atoms with Crippen LogP contribution < -0.4 is 0 Å². The lowest BCUT2D eigenvalue weighted by Gasteiger charge is -2.10. The molecule has 0 bridgehead atoms. The predicted octanol–water partition coefficient (Wildman–Crippen LogP) is 3.36. The van der Waals surface area contributed by atoms with Crippen molar-refractivity contribution in [2.45, 2.75) is 13.0 Å². The Morgan fingerprint density at radius 1 is 1.32 bits per heavy atom. The van der Waals surface area contributed by atoms with Gasteiger partial charge in [0.25, 0.3) is 0 Å². The van der Waals surface area contributed by atoms with Crippen molar-refractivity contribution in [2.75, 3.05) is 0 Å². The molecule has 1 atom stereocenters. The molecule has 0 aliphatic heterocycles. The maximum absolute atomic E-state index is 13.6.